The molecule has 0 fully saturated rings. The molecule has 0 unspecified atom stereocenters. The number of ether oxygens (including phenoxy) is 1. The third-order valence-electron chi connectivity index (χ3n) is 4.76. The van der Waals surface area contributed by atoms with E-state index in [1.54, 1.807) is 0 Å². The first-order valence-corrected chi connectivity index (χ1v) is 9.91. The Morgan fingerprint density at radius 1 is 0.760 bits per heavy atom. The number of hydrogen-bond acceptors (Lipinski definition) is 2. The molecule has 0 heterocycles. The fourth-order valence-corrected chi connectivity index (χ4v) is 3.27. The zero-order valence-corrected chi connectivity index (χ0v) is 15.6. The topological polar surface area (TPSA) is 33.0 Å². The molecule has 0 saturated heterocycles. The van der Waals surface area contributed by atoms with Gasteiger partial charge in [0.15, 0.2) is 0 Å². The summed E-state index contributed by atoms with van der Waals surface area (Å²) in [5.41, 5.74) is 0.710. The lowest BCUT2D eigenvalue weighted by molar-refractivity contribution is 0.307. The van der Waals surface area contributed by atoms with Crippen LogP contribution in [0.2, 0.25) is 0 Å². The minimum atomic E-state index is 0.710. The molecule has 2 aromatic carbocycles. The molecule has 0 aromatic heterocycles. The van der Waals surface area contributed by atoms with Gasteiger partial charge in [0.1, 0.15) is 5.75 Å². The fraction of sp³-hybridized carbons (Fsp3) is 0.522. The van der Waals surface area contributed by atoms with Crippen LogP contribution in [0.4, 0.5) is 0 Å². The van der Waals surface area contributed by atoms with Crippen molar-refractivity contribution in [1.29, 1.82) is 5.26 Å². The Labute approximate surface area is 152 Å². The second kappa shape index (κ2) is 11.5. The molecule has 0 radical (unpaired) electrons. The van der Waals surface area contributed by atoms with Crippen LogP contribution in [-0.4, -0.2) is 6.61 Å². The second-order valence-electron chi connectivity index (χ2n) is 6.80. The van der Waals surface area contributed by atoms with E-state index in [-0.39, 0.29) is 0 Å². The van der Waals surface area contributed by atoms with Crippen molar-refractivity contribution in [3.8, 4) is 11.8 Å². The molecule has 25 heavy (non-hydrogen) atoms. The lowest BCUT2D eigenvalue weighted by Gasteiger charge is -2.10. The number of nitrogens with zero attached hydrogens (tertiary/aromatic N) is 1. The van der Waals surface area contributed by atoms with Crippen molar-refractivity contribution in [3.05, 3.63) is 42.0 Å². The molecule has 2 nitrogen and oxygen atoms in total. The molecule has 2 rings (SSSR count). The number of hydrogen-bond donors (Lipinski definition) is 0. The van der Waals surface area contributed by atoms with Crippen LogP contribution in [0.1, 0.15) is 76.7 Å². The lowest BCUT2D eigenvalue weighted by atomic mass is 10.0. The molecule has 0 aliphatic rings. The zero-order chi connectivity index (χ0) is 17.7. The highest BCUT2D eigenvalue weighted by molar-refractivity contribution is 5.92. The molecule has 0 bridgehead atoms. The highest BCUT2D eigenvalue weighted by Gasteiger charge is 2.06. The van der Waals surface area contributed by atoms with Gasteiger partial charge in [0.25, 0.3) is 0 Å². The number of unbranched alkanes of at least 4 members (excludes halogenated alkanes) is 9. The number of nitriles is 1. The summed E-state index contributed by atoms with van der Waals surface area (Å²) in [6.07, 6.45) is 13.3. The van der Waals surface area contributed by atoms with E-state index in [0.29, 0.717) is 5.56 Å². The molecule has 2 heteroatoms. The zero-order valence-electron chi connectivity index (χ0n) is 15.6. The largest absolute Gasteiger partial charge is 0.493 e. The summed E-state index contributed by atoms with van der Waals surface area (Å²) in [5, 5.41) is 11.2. The molecule has 0 atom stereocenters. The van der Waals surface area contributed by atoms with Crippen LogP contribution in [0.25, 0.3) is 10.8 Å². The highest BCUT2D eigenvalue weighted by Crippen LogP contribution is 2.28. The monoisotopic (exact) mass is 337 g/mol. The van der Waals surface area contributed by atoms with Crippen LogP contribution in [-0.2, 0) is 0 Å². The van der Waals surface area contributed by atoms with Gasteiger partial charge in [-0.05, 0) is 18.6 Å². The number of fused-ring (bicyclic) bond motifs is 1. The maximum atomic E-state index is 9.21. The first kappa shape index (κ1) is 19.3. The van der Waals surface area contributed by atoms with E-state index in [9.17, 15) is 5.26 Å². The van der Waals surface area contributed by atoms with Crippen molar-refractivity contribution in [3.63, 3.8) is 0 Å². The molecular weight excluding hydrogens is 306 g/mol. The van der Waals surface area contributed by atoms with Crippen molar-refractivity contribution >= 4 is 10.8 Å². The van der Waals surface area contributed by atoms with Gasteiger partial charge in [-0.15, -0.1) is 0 Å². The van der Waals surface area contributed by atoms with Gasteiger partial charge in [0, 0.05) is 10.8 Å². The molecule has 134 valence electrons. The summed E-state index contributed by atoms with van der Waals surface area (Å²) in [4.78, 5) is 0. The Morgan fingerprint density at radius 2 is 1.36 bits per heavy atom. The molecule has 0 aliphatic carbocycles. The summed E-state index contributed by atoms with van der Waals surface area (Å²) < 4.78 is 5.98. The van der Waals surface area contributed by atoms with Gasteiger partial charge < -0.3 is 4.74 Å². The smallest absolute Gasteiger partial charge is 0.127 e. The molecule has 2 aromatic rings. The average molecular weight is 338 g/mol. The molecule has 0 saturated carbocycles. The Morgan fingerprint density at radius 3 is 2.00 bits per heavy atom. The maximum absolute atomic E-state index is 9.21. The molecule has 0 spiro atoms. The Kier molecular flexibility index (Phi) is 8.91. The Hall–Kier alpha value is -2.01. The normalized spacial score (nSPS) is 10.7. The van der Waals surface area contributed by atoms with Crippen LogP contribution in [0.3, 0.4) is 0 Å². The quantitative estimate of drug-likeness (QED) is 0.390. The molecule has 0 N–H and O–H groups in total. The van der Waals surface area contributed by atoms with Gasteiger partial charge >= 0.3 is 0 Å². The van der Waals surface area contributed by atoms with Crippen LogP contribution >= 0.6 is 0 Å². The van der Waals surface area contributed by atoms with Crippen molar-refractivity contribution in [2.45, 2.75) is 71.1 Å². The highest BCUT2D eigenvalue weighted by atomic mass is 16.5. The number of benzene rings is 2. The molecule has 0 amide bonds. The van der Waals surface area contributed by atoms with Crippen molar-refractivity contribution in [1.82, 2.24) is 0 Å². The second-order valence-corrected chi connectivity index (χ2v) is 6.80. The van der Waals surface area contributed by atoms with E-state index >= 15 is 0 Å². The lowest BCUT2D eigenvalue weighted by Crippen LogP contribution is -1.98. The van der Waals surface area contributed by atoms with Crippen LogP contribution < -0.4 is 4.74 Å². The predicted octanol–water partition coefficient (Wildman–Crippen LogP) is 7.01. The summed E-state index contributed by atoms with van der Waals surface area (Å²) >= 11 is 0. The van der Waals surface area contributed by atoms with Crippen molar-refractivity contribution in [2.24, 2.45) is 0 Å². The minimum Gasteiger partial charge on any atom is -0.493 e. The molecule has 0 aliphatic heterocycles. The van der Waals surface area contributed by atoms with Gasteiger partial charge in [-0.3, -0.25) is 0 Å². The van der Waals surface area contributed by atoms with E-state index in [2.05, 4.69) is 13.0 Å². The first-order chi connectivity index (χ1) is 12.4. The summed E-state index contributed by atoms with van der Waals surface area (Å²) in [6.45, 7) is 3.02. The standard InChI is InChI=1S/C23H31NO/c1-2-3-4-5-6-7-8-9-10-13-18-25-23-17-16-20(19-24)21-14-11-12-15-22(21)23/h11-12,14-17H,2-10,13,18H2,1H3. The van der Waals surface area contributed by atoms with Crippen LogP contribution in [0, 0.1) is 11.3 Å². The Bertz CT molecular complexity index is 671. The number of rotatable bonds is 12. The van der Waals surface area contributed by atoms with Gasteiger partial charge in [0.2, 0.25) is 0 Å². The van der Waals surface area contributed by atoms with Gasteiger partial charge in [-0.1, -0.05) is 89.0 Å². The first-order valence-electron chi connectivity index (χ1n) is 9.91. The fourth-order valence-electron chi connectivity index (χ4n) is 3.27. The average Bonchev–Trinajstić information content (AvgIpc) is 2.66. The van der Waals surface area contributed by atoms with Crippen molar-refractivity contribution < 1.29 is 4.74 Å². The third-order valence-corrected chi connectivity index (χ3v) is 4.76. The summed E-state index contributed by atoms with van der Waals surface area (Å²) in [6, 6.07) is 14.0. The van der Waals surface area contributed by atoms with E-state index in [4.69, 9.17) is 4.74 Å². The summed E-state index contributed by atoms with van der Waals surface area (Å²) in [5.74, 6) is 0.894. The van der Waals surface area contributed by atoms with Crippen molar-refractivity contribution in [2.75, 3.05) is 6.61 Å². The van der Waals surface area contributed by atoms with Crippen LogP contribution in [0.5, 0.6) is 5.75 Å². The van der Waals surface area contributed by atoms with Crippen LogP contribution in [0.15, 0.2) is 36.4 Å². The van der Waals surface area contributed by atoms with Gasteiger partial charge in [-0.2, -0.15) is 5.26 Å². The molecular formula is C23H31NO. The Balaban J connectivity index is 1.64. The maximum Gasteiger partial charge on any atom is 0.127 e. The van der Waals surface area contributed by atoms with Gasteiger partial charge in [-0.25, -0.2) is 0 Å². The predicted molar refractivity (Wildman–Crippen MR) is 106 cm³/mol. The van der Waals surface area contributed by atoms with E-state index in [0.717, 1.165) is 29.5 Å². The van der Waals surface area contributed by atoms with Gasteiger partial charge in [0.05, 0.1) is 18.2 Å². The van der Waals surface area contributed by atoms with E-state index < -0.39 is 0 Å². The van der Waals surface area contributed by atoms with E-state index in [1.807, 2.05) is 36.4 Å². The SMILES string of the molecule is CCCCCCCCCCCCOc1ccc(C#N)c2ccccc12. The summed E-state index contributed by atoms with van der Waals surface area (Å²) in [7, 11) is 0. The van der Waals surface area contributed by atoms with E-state index in [1.165, 1.54) is 57.8 Å². The minimum absolute atomic E-state index is 0.710. The third kappa shape index (κ3) is 6.42.